The largest absolute Gasteiger partial charge is 0.330 e. The minimum atomic E-state index is 0.454. The van der Waals surface area contributed by atoms with Crippen molar-refractivity contribution in [1.29, 1.82) is 0 Å². The first-order valence-corrected chi connectivity index (χ1v) is 5.55. The van der Waals surface area contributed by atoms with Gasteiger partial charge in [-0.05, 0) is 56.4 Å². The fraction of sp³-hybridized carbons (Fsp3) is 1.00. The third-order valence-corrected chi connectivity index (χ3v) is 4.26. The first-order chi connectivity index (χ1) is 5.77. The smallest absolute Gasteiger partial charge is 0.0336 e. The molecule has 2 aliphatic rings. The maximum atomic E-state index is 6.06. The van der Waals surface area contributed by atoms with Crippen LogP contribution >= 0.6 is 11.6 Å². The molecule has 2 N–H and O–H groups in total. The van der Waals surface area contributed by atoms with Crippen molar-refractivity contribution in [1.82, 2.24) is 0 Å². The molecule has 0 aromatic heterocycles. The van der Waals surface area contributed by atoms with Crippen molar-refractivity contribution >= 4 is 11.6 Å². The Balaban J connectivity index is 1.89. The average Bonchev–Trinajstić information content (AvgIpc) is 2.86. The van der Waals surface area contributed by atoms with Gasteiger partial charge in [0, 0.05) is 5.38 Å². The molecule has 0 aromatic carbocycles. The Morgan fingerprint density at radius 1 is 1.17 bits per heavy atom. The van der Waals surface area contributed by atoms with Crippen LogP contribution in [0, 0.1) is 11.3 Å². The number of alkyl halides is 1. The van der Waals surface area contributed by atoms with Gasteiger partial charge in [0.1, 0.15) is 0 Å². The molecule has 12 heavy (non-hydrogen) atoms. The van der Waals surface area contributed by atoms with Crippen molar-refractivity contribution in [2.75, 3.05) is 6.54 Å². The zero-order valence-electron chi connectivity index (χ0n) is 7.56. The van der Waals surface area contributed by atoms with Crippen molar-refractivity contribution in [2.24, 2.45) is 17.1 Å². The van der Waals surface area contributed by atoms with E-state index >= 15 is 0 Å². The van der Waals surface area contributed by atoms with E-state index in [1.54, 1.807) is 0 Å². The first kappa shape index (κ1) is 8.83. The van der Waals surface area contributed by atoms with Gasteiger partial charge in [-0.1, -0.05) is 0 Å². The summed E-state index contributed by atoms with van der Waals surface area (Å²) < 4.78 is 0. The second kappa shape index (κ2) is 3.19. The third kappa shape index (κ3) is 1.49. The van der Waals surface area contributed by atoms with E-state index in [0.717, 1.165) is 12.5 Å². The Bertz CT molecular complexity index is 157. The first-order valence-electron chi connectivity index (χ1n) is 5.11. The SMILES string of the molecule is NCC1(C2CCC(Cl)CC2)CC1. The highest BCUT2D eigenvalue weighted by molar-refractivity contribution is 6.20. The number of rotatable bonds is 2. The van der Waals surface area contributed by atoms with E-state index in [2.05, 4.69) is 0 Å². The molecule has 0 atom stereocenters. The minimum absolute atomic E-state index is 0.454. The number of nitrogens with two attached hydrogens (primary N) is 1. The van der Waals surface area contributed by atoms with Crippen LogP contribution in [-0.4, -0.2) is 11.9 Å². The summed E-state index contributed by atoms with van der Waals surface area (Å²) in [6.07, 6.45) is 7.83. The molecule has 2 aliphatic carbocycles. The summed E-state index contributed by atoms with van der Waals surface area (Å²) in [5.41, 5.74) is 6.37. The van der Waals surface area contributed by atoms with Crippen molar-refractivity contribution in [2.45, 2.75) is 43.9 Å². The standard InChI is InChI=1S/C10H18ClN/c11-9-3-1-8(2-4-9)10(7-12)5-6-10/h8-9H,1-7,12H2. The molecule has 2 rings (SSSR count). The van der Waals surface area contributed by atoms with Crippen LogP contribution in [-0.2, 0) is 0 Å². The van der Waals surface area contributed by atoms with E-state index in [4.69, 9.17) is 17.3 Å². The number of hydrogen-bond donors (Lipinski definition) is 1. The van der Waals surface area contributed by atoms with E-state index in [1.807, 2.05) is 0 Å². The molecule has 70 valence electrons. The topological polar surface area (TPSA) is 26.0 Å². The van der Waals surface area contributed by atoms with E-state index in [1.165, 1.54) is 38.5 Å². The zero-order chi connectivity index (χ0) is 8.60. The summed E-state index contributed by atoms with van der Waals surface area (Å²) in [4.78, 5) is 0. The Morgan fingerprint density at radius 3 is 2.17 bits per heavy atom. The highest BCUT2D eigenvalue weighted by Gasteiger charge is 2.48. The molecule has 0 aliphatic heterocycles. The fourth-order valence-corrected chi connectivity index (χ4v) is 2.86. The van der Waals surface area contributed by atoms with Gasteiger partial charge < -0.3 is 5.73 Å². The van der Waals surface area contributed by atoms with E-state index in [-0.39, 0.29) is 0 Å². The Morgan fingerprint density at radius 2 is 1.75 bits per heavy atom. The predicted molar refractivity (Wildman–Crippen MR) is 52.3 cm³/mol. The molecule has 0 radical (unpaired) electrons. The van der Waals surface area contributed by atoms with Crippen LogP contribution in [0.25, 0.3) is 0 Å². The molecule has 0 spiro atoms. The quantitative estimate of drug-likeness (QED) is 0.661. The highest BCUT2D eigenvalue weighted by Crippen LogP contribution is 2.55. The van der Waals surface area contributed by atoms with Gasteiger partial charge >= 0.3 is 0 Å². The molecule has 2 saturated carbocycles. The second-order valence-corrected chi connectivity index (χ2v) is 5.13. The van der Waals surface area contributed by atoms with Crippen LogP contribution in [0.1, 0.15) is 38.5 Å². The lowest BCUT2D eigenvalue weighted by Crippen LogP contribution is -2.28. The lowest BCUT2D eigenvalue weighted by Gasteiger charge is -2.31. The number of hydrogen-bond acceptors (Lipinski definition) is 1. The summed E-state index contributed by atoms with van der Waals surface area (Å²) in [6.45, 7) is 0.907. The van der Waals surface area contributed by atoms with Crippen LogP contribution in [0.5, 0.6) is 0 Å². The van der Waals surface area contributed by atoms with E-state index < -0.39 is 0 Å². The van der Waals surface area contributed by atoms with Gasteiger partial charge in [-0.3, -0.25) is 0 Å². The van der Waals surface area contributed by atoms with Crippen LogP contribution < -0.4 is 5.73 Å². The highest BCUT2D eigenvalue weighted by atomic mass is 35.5. The van der Waals surface area contributed by atoms with Crippen molar-refractivity contribution in [3.63, 3.8) is 0 Å². The van der Waals surface area contributed by atoms with E-state index in [9.17, 15) is 0 Å². The van der Waals surface area contributed by atoms with Gasteiger partial charge in [-0.15, -0.1) is 11.6 Å². The van der Waals surface area contributed by atoms with Crippen LogP contribution in [0.3, 0.4) is 0 Å². The van der Waals surface area contributed by atoms with E-state index in [0.29, 0.717) is 10.8 Å². The molecule has 0 amide bonds. The molecule has 0 saturated heterocycles. The van der Waals surface area contributed by atoms with Gasteiger partial charge in [0.2, 0.25) is 0 Å². The average molecular weight is 188 g/mol. The normalized spacial score (nSPS) is 39.5. The third-order valence-electron chi connectivity index (χ3n) is 3.82. The summed E-state index contributed by atoms with van der Waals surface area (Å²) in [5, 5.41) is 0.454. The number of halogens is 1. The van der Waals surface area contributed by atoms with Crippen LogP contribution in [0.2, 0.25) is 0 Å². The monoisotopic (exact) mass is 187 g/mol. The molecule has 2 heteroatoms. The molecule has 0 aromatic rings. The zero-order valence-corrected chi connectivity index (χ0v) is 8.32. The van der Waals surface area contributed by atoms with Gasteiger partial charge in [0.25, 0.3) is 0 Å². The maximum Gasteiger partial charge on any atom is 0.0336 e. The molecular weight excluding hydrogens is 170 g/mol. The van der Waals surface area contributed by atoms with Gasteiger partial charge in [0.05, 0.1) is 0 Å². The lowest BCUT2D eigenvalue weighted by molar-refractivity contribution is 0.236. The Kier molecular flexibility index (Phi) is 2.35. The van der Waals surface area contributed by atoms with Crippen molar-refractivity contribution in [3.05, 3.63) is 0 Å². The van der Waals surface area contributed by atoms with Gasteiger partial charge in [-0.25, -0.2) is 0 Å². The minimum Gasteiger partial charge on any atom is -0.330 e. The van der Waals surface area contributed by atoms with Crippen LogP contribution in [0.15, 0.2) is 0 Å². The molecule has 0 unspecified atom stereocenters. The predicted octanol–water partition coefficient (Wildman–Crippen LogP) is 2.52. The Labute approximate surface area is 79.7 Å². The fourth-order valence-electron chi connectivity index (χ4n) is 2.60. The van der Waals surface area contributed by atoms with Crippen molar-refractivity contribution < 1.29 is 0 Å². The molecular formula is C10H18ClN. The second-order valence-electron chi connectivity index (χ2n) is 4.52. The summed E-state index contributed by atoms with van der Waals surface area (Å²) >= 11 is 6.06. The van der Waals surface area contributed by atoms with Crippen molar-refractivity contribution in [3.8, 4) is 0 Å². The van der Waals surface area contributed by atoms with Gasteiger partial charge in [0.15, 0.2) is 0 Å². The molecule has 2 fully saturated rings. The summed E-state index contributed by atoms with van der Waals surface area (Å²) in [6, 6.07) is 0. The molecule has 0 bridgehead atoms. The Hall–Kier alpha value is 0.250. The summed E-state index contributed by atoms with van der Waals surface area (Å²) in [7, 11) is 0. The summed E-state index contributed by atoms with van der Waals surface area (Å²) in [5.74, 6) is 0.900. The molecule has 1 nitrogen and oxygen atoms in total. The lowest BCUT2D eigenvalue weighted by atomic mass is 9.77. The van der Waals surface area contributed by atoms with Crippen LogP contribution in [0.4, 0.5) is 0 Å². The van der Waals surface area contributed by atoms with Gasteiger partial charge in [-0.2, -0.15) is 0 Å². The maximum absolute atomic E-state index is 6.06. The molecule has 0 heterocycles.